The molecule has 32 heavy (non-hydrogen) atoms. The molecule has 2 amide bonds. The van der Waals surface area contributed by atoms with Crippen molar-refractivity contribution in [3.05, 3.63) is 0 Å². The fourth-order valence-corrected chi connectivity index (χ4v) is 6.12. The van der Waals surface area contributed by atoms with Crippen molar-refractivity contribution in [2.75, 3.05) is 26.3 Å². The summed E-state index contributed by atoms with van der Waals surface area (Å²) in [7, 11) is 0. The first-order valence-corrected chi connectivity index (χ1v) is 12.3. The van der Waals surface area contributed by atoms with Gasteiger partial charge in [-0.15, -0.1) is 0 Å². The molecule has 4 rings (SSSR count). The van der Waals surface area contributed by atoms with Crippen molar-refractivity contribution in [1.29, 1.82) is 0 Å². The molecule has 0 aromatic heterocycles. The summed E-state index contributed by atoms with van der Waals surface area (Å²) >= 11 is 0. The molecule has 3 aliphatic heterocycles. The molecule has 0 aromatic rings. The van der Waals surface area contributed by atoms with Crippen LogP contribution in [0.25, 0.3) is 0 Å². The predicted octanol–water partition coefficient (Wildman–Crippen LogP) is 3.12. The number of amides is 2. The molecule has 0 radical (unpaired) electrons. The van der Waals surface area contributed by atoms with E-state index in [1.54, 1.807) is 4.90 Å². The summed E-state index contributed by atoms with van der Waals surface area (Å²) in [4.78, 5) is 30.3. The van der Waals surface area contributed by atoms with Gasteiger partial charge >= 0.3 is 6.09 Å². The zero-order valence-corrected chi connectivity index (χ0v) is 20.2. The SMILES string of the molecule is CC(C)[C@]1(C(=O)N2C[C@@H]3C[C@H]2CN3C(=O)OC(C)(C)C)CC[C@@H](NC2CCOCC2F)C1. The Morgan fingerprint density at radius 3 is 2.44 bits per heavy atom. The predicted molar refractivity (Wildman–Crippen MR) is 119 cm³/mol. The number of nitrogens with zero attached hydrogens (tertiary/aromatic N) is 2. The molecule has 3 saturated heterocycles. The Morgan fingerprint density at radius 1 is 1.16 bits per heavy atom. The largest absolute Gasteiger partial charge is 0.444 e. The van der Waals surface area contributed by atoms with Crippen LogP contribution >= 0.6 is 0 Å². The number of carbonyl (C=O) groups excluding carboxylic acids is 2. The lowest BCUT2D eigenvalue weighted by atomic mass is 9.74. The summed E-state index contributed by atoms with van der Waals surface area (Å²) in [6.07, 6.45) is 2.70. The molecular weight excluding hydrogens is 413 g/mol. The van der Waals surface area contributed by atoms with Crippen LogP contribution in [-0.2, 0) is 14.3 Å². The number of ether oxygens (including phenoxy) is 2. The number of likely N-dealkylation sites (tertiary alicyclic amines) is 2. The van der Waals surface area contributed by atoms with E-state index in [-0.39, 0.29) is 48.7 Å². The van der Waals surface area contributed by atoms with Crippen molar-refractivity contribution in [2.45, 2.75) is 103 Å². The average Bonchev–Trinajstić information content (AvgIpc) is 3.42. The molecule has 0 spiro atoms. The molecule has 0 aromatic carbocycles. The number of fused-ring (bicyclic) bond motifs is 2. The first kappa shape index (κ1) is 23.7. The van der Waals surface area contributed by atoms with Crippen molar-refractivity contribution < 1.29 is 23.5 Å². The highest BCUT2D eigenvalue weighted by Crippen LogP contribution is 2.48. The van der Waals surface area contributed by atoms with Gasteiger partial charge < -0.3 is 24.6 Å². The summed E-state index contributed by atoms with van der Waals surface area (Å²) in [5.41, 5.74) is -0.944. The van der Waals surface area contributed by atoms with Gasteiger partial charge in [0.1, 0.15) is 11.8 Å². The number of nitrogens with one attached hydrogen (secondary N) is 1. The molecule has 4 aliphatic rings. The molecule has 2 bridgehead atoms. The van der Waals surface area contributed by atoms with Gasteiger partial charge in [-0.3, -0.25) is 4.79 Å². The van der Waals surface area contributed by atoms with Crippen LogP contribution in [0.2, 0.25) is 0 Å². The van der Waals surface area contributed by atoms with Crippen molar-refractivity contribution >= 4 is 12.0 Å². The van der Waals surface area contributed by atoms with Crippen molar-refractivity contribution in [1.82, 2.24) is 15.1 Å². The maximum atomic E-state index is 14.3. The van der Waals surface area contributed by atoms with Crippen LogP contribution in [0.1, 0.15) is 66.7 Å². The highest BCUT2D eigenvalue weighted by Gasteiger charge is 2.55. The van der Waals surface area contributed by atoms with E-state index in [4.69, 9.17) is 9.47 Å². The van der Waals surface area contributed by atoms with E-state index in [9.17, 15) is 14.0 Å². The van der Waals surface area contributed by atoms with E-state index in [0.29, 0.717) is 26.1 Å². The average molecular weight is 454 g/mol. The number of rotatable bonds is 4. The third kappa shape index (κ3) is 4.49. The third-order valence-electron chi connectivity index (χ3n) is 7.95. The van der Waals surface area contributed by atoms with Crippen molar-refractivity contribution in [3.63, 3.8) is 0 Å². The Balaban J connectivity index is 1.39. The van der Waals surface area contributed by atoms with Gasteiger partial charge in [0.15, 0.2) is 0 Å². The lowest BCUT2D eigenvalue weighted by Crippen LogP contribution is -2.56. The van der Waals surface area contributed by atoms with Gasteiger partial charge in [0, 0.05) is 31.8 Å². The van der Waals surface area contributed by atoms with E-state index in [1.165, 1.54) is 0 Å². The molecule has 7 nitrogen and oxygen atoms in total. The fourth-order valence-electron chi connectivity index (χ4n) is 6.12. The minimum Gasteiger partial charge on any atom is -0.444 e. The Labute approximate surface area is 191 Å². The van der Waals surface area contributed by atoms with Gasteiger partial charge in [0.05, 0.1) is 24.1 Å². The molecule has 8 heteroatoms. The maximum absolute atomic E-state index is 14.3. The molecule has 1 saturated carbocycles. The number of halogens is 1. The number of carbonyl (C=O) groups is 2. The molecule has 6 atom stereocenters. The Hall–Kier alpha value is -1.41. The van der Waals surface area contributed by atoms with Crippen LogP contribution in [0, 0.1) is 11.3 Å². The van der Waals surface area contributed by atoms with Crippen LogP contribution in [0.4, 0.5) is 9.18 Å². The van der Waals surface area contributed by atoms with Crippen LogP contribution < -0.4 is 5.32 Å². The Bertz CT molecular complexity index is 727. The van der Waals surface area contributed by atoms with Crippen LogP contribution in [0.15, 0.2) is 0 Å². The zero-order chi connectivity index (χ0) is 23.3. The van der Waals surface area contributed by atoms with Crippen LogP contribution in [0.3, 0.4) is 0 Å². The molecule has 4 fully saturated rings. The van der Waals surface area contributed by atoms with Gasteiger partial charge in [-0.2, -0.15) is 0 Å². The fraction of sp³-hybridized carbons (Fsp3) is 0.917. The molecule has 1 aliphatic carbocycles. The lowest BCUT2D eigenvalue weighted by molar-refractivity contribution is -0.147. The molecular formula is C24H40FN3O4. The highest BCUT2D eigenvalue weighted by atomic mass is 19.1. The van der Waals surface area contributed by atoms with Crippen molar-refractivity contribution in [2.24, 2.45) is 11.3 Å². The van der Waals surface area contributed by atoms with Crippen LogP contribution in [0.5, 0.6) is 0 Å². The normalized spacial score (nSPS) is 37.4. The summed E-state index contributed by atoms with van der Waals surface area (Å²) < 4.78 is 25.0. The topological polar surface area (TPSA) is 71.1 Å². The lowest BCUT2D eigenvalue weighted by Gasteiger charge is -2.41. The second-order valence-electron chi connectivity index (χ2n) is 11.5. The van der Waals surface area contributed by atoms with E-state index in [2.05, 4.69) is 19.2 Å². The van der Waals surface area contributed by atoms with E-state index in [1.807, 2.05) is 25.7 Å². The number of alkyl halides is 1. The standard InChI is InChI=1S/C24H40FN3O4/c1-15(2)24(8-6-16(11-24)26-20-7-9-31-14-19(20)25)21(29)27-12-18-10-17(27)13-28(18)22(30)32-23(3,4)5/h15-20,26H,6-14H2,1-5H3/t16-,17+,18+,19?,20?,24+/m1/s1. The van der Waals surface area contributed by atoms with Crippen molar-refractivity contribution in [3.8, 4) is 0 Å². The van der Waals surface area contributed by atoms with E-state index < -0.39 is 17.2 Å². The number of hydrogen-bond donors (Lipinski definition) is 1. The van der Waals surface area contributed by atoms with Gasteiger partial charge in [0.2, 0.25) is 5.91 Å². The summed E-state index contributed by atoms with van der Waals surface area (Å²) in [6, 6.07) is 0.0685. The summed E-state index contributed by atoms with van der Waals surface area (Å²) in [6.45, 7) is 11.8. The maximum Gasteiger partial charge on any atom is 0.410 e. The number of piperazine rings is 1. The quantitative estimate of drug-likeness (QED) is 0.708. The Morgan fingerprint density at radius 2 is 1.84 bits per heavy atom. The minimum absolute atomic E-state index is 0.0351. The first-order valence-electron chi connectivity index (χ1n) is 12.3. The second-order valence-corrected chi connectivity index (χ2v) is 11.5. The minimum atomic E-state index is -0.985. The second kappa shape index (κ2) is 8.75. The third-order valence-corrected chi connectivity index (χ3v) is 7.95. The molecule has 182 valence electrons. The van der Waals surface area contributed by atoms with Gasteiger partial charge in [-0.05, 0) is 58.8 Å². The molecule has 2 unspecified atom stereocenters. The summed E-state index contributed by atoms with van der Waals surface area (Å²) in [5.74, 6) is 0.427. The van der Waals surface area contributed by atoms with E-state index in [0.717, 1.165) is 25.7 Å². The van der Waals surface area contributed by atoms with Gasteiger partial charge in [-0.25, -0.2) is 9.18 Å². The zero-order valence-electron chi connectivity index (χ0n) is 20.2. The first-order chi connectivity index (χ1) is 15.0. The van der Waals surface area contributed by atoms with Gasteiger partial charge in [0.25, 0.3) is 0 Å². The monoisotopic (exact) mass is 453 g/mol. The smallest absolute Gasteiger partial charge is 0.410 e. The molecule has 3 heterocycles. The van der Waals surface area contributed by atoms with Crippen LogP contribution in [-0.4, -0.2) is 84.0 Å². The van der Waals surface area contributed by atoms with Gasteiger partial charge in [-0.1, -0.05) is 13.8 Å². The highest BCUT2D eigenvalue weighted by molar-refractivity contribution is 5.85. The number of hydrogen-bond acceptors (Lipinski definition) is 5. The molecule has 1 N–H and O–H groups in total. The van der Waals surface area contributed by atoms with E-state index >= 15 is 0 Å². The Kier molecular flexibility index (Phi) is 6.49. The summed E-state index contributed by atoms with van der Waals surface area (Å²) in [5, 5.41) is 3.51.